The second-order valence-electron chi connectivity index (χ2n) is 4.14. The molecule has 2 bridgehead atoms. The van der Waals surface area contributed by atoms with Crippen LogP contribution in [0.25, 0.3) is 0 Å². The first-order chi connectivity index (χ1) is 5.18. The Hall–Kier alpha value is 0.150. The molecular formula is C9H13BrO. The number of hydrogen-bond acceptors (Lipinski definition) is 1. The summed E-state index contributed by atoms with van der Waals surface area (Å²) in [5, 5.41) is 1.00. The molecule has 0 spiro atoms. The van der Waals surface area contributed by atoms with Crippen molar-refractivity contribution >= 4 is 21.7 Å². The van der Waals surface area contributed by atoms with Crippen molar-refractivity contribution in [3.63, 3.8) is 0 Å². The standard InChI is InChI=1S/C9H13BrO/c1-9(5-10)6-2-3-7(9)8(11)4-6/h6-7H,2-5H2,1H3. The Bertz CT molecular complexity index is 202. The van der Waals surface area contributed by atoms with Crippen molar-refractivity contribution in [2.24, 2.45) is 17.3 Å². The number of carbonyl (C=O) groups excluding carboxylic acids is 1. The second-order valence-corrected chi connectivity index (χ2v) is 4.70. The molecule has 0 saturated heterocycles. The number of fused-ring (bicyclic) bond motifs is 2. The van der Waals surface area contributed by atoms with E-state index in [9.17, 15) is 4.79 Å². The summed E-state index contributed by atoms with van der Waals surface area (Å²) in [6.07, 6.45) is 3.27. The van der Waals surface area contributed by atoms with E-state index in [0.29, 0.717) is 23.0 Å². The van der Waals surface area contributed by atoms with Gasteiger partial charge in [0.2, 0.25) is 0 Å². The molecule has 62 valence electrons. The molecule has 0 aromatic rings. The van der Waals surface area contributed by atoms with Crippen LogP contribution < -0.4 is 0 Å². The molecule has 2 rings (SSSR count). The molecular weight excluding hydrogens is 204 g/mol. The van der Waals surface area contributed by atoms with Crippen LogP contribution >= 0.6 is 15.9 Å². The zero-order chi connectivity index (χ0) is 8.06. The molecule has 0 N–H and O–H groups in total. The summed E-state index contributed by atoms with van der Waals surface area (Å²) in [5.74, 6) is 1.58. The third kappa shape index (κ3) is 0.851. The normalized spacial score (nSPS) is 48.7. The van der Waals surface area contributed by atoms with Gasteiger partial charge in [-0.1, -0.05) is 22.9 Å². The molecule has 0 heterocycles. The lowest BCUT2D eigenvalue weighted by atomic mass is 9.82. The highest BCUT2D eigenvalue weighted by molar-refractivity contribution is 9.09. The van der Waals surface area contributed by atoms with E-state index in [-0.39, 0.29) is 0 Å². The molecule has 0 aliphatic heterocycles. The minimum Gasteiger partial charge on any atom is -0.299 e. The molecule has 2 aliphatic carbocycles. The van der Waals surface area contributed by atoms with Gasteiger partial charge in [0.1, 0.15) is 5.78 Å². The van der Waals surface area contributed by atoms with E-state index >= 15 is 0 Å². The van der Waals surface area contributed by atoms with E-state index in [1.807, 2.05) is 0 Å². The fraction of sp³-hybridized carbons (Fsp3) is 0.889. The van der Waals surface area contributed by atoms with Crippen molar-refractivity contribution in [3.8, 4) is 0 Å². The SMILES string of the molecule is CC1(CBr)C2CCC1C(=O)C2. The molecule has 2 heteroatoms. The maximum Gasteiger partial charge on any atom is 0.136 e. The van der Waals surface area contributed by atoms with Crippen LogP contribution in [-0.4, -0.2) is 11.1 Å². The quantitative estimate of drug-likeness (QED) is 0.616. The Balaban J connectivity index is 2.31. The molecule has 2 aliphatic rings. The highest BCUT2D eigenvalue weighted by Crippen LogP contribution is 2.56. The number of carbonyl (C=O) groups is 1. The minimum atomic E-state index is 0.303. The summed E-state index contributed by atoms with van der Waals surface area (Å²) in [5.41, 5.74) is 0.303. The smallest absolute Gasteiger partial charge is 0.136 e. The van der Waals surface area contributed by atoms with Crippen molar-refractivity contribution in [2.75, 3.05) is 5.33 Å². The molecule has 3 unspecified atom stereocenters. The monoisotopic (exact) mass is 216 g/mol. The van der Waals surface area contributed by atoms with Crippen LogP contribution in [0, 0.1) is 17.3 Å². The van der Waals surface area contributed by atoms with Gasteiger partial charge in [0, 0.05) is 17.7 Å². The largest absolute Gasteiger partial charge is 0.299 e. The van der Waals surface area contributed by atoms with Crippen LogP contribution in [0.1, 0.15) is 26.2 Å². The number of halogens is 1. The third-order valence-corrected chi connectivity index (χ3v) is 4.86. The first kappa shape index (κ1) is 7.78. The van der Waals surface area contributed by atoms with E-state index in [1.54, 1.807) is 0 Å². The van der Waals surface area contributed by atoms with Crippen LogP contribution in [0.2, 0.25) is 0 Å². The van der Waals surface area contributed by atoms with E-state index < -0.39 is 0 Å². The number of rotatable bonds is 1. The first-order valence-corrected chi connectivity index (χ1v) is 5.39. The molecule has 2 saturated carbocycles. The second kappa shape index (κ2) is 2.32. The van der Waals surface area contributed by atoms with Crippen molar-refractivity contribution in [2.45, 2.75) is 26.2 Å². The molecule has 3 atom stereocenters. The Morgan fingerprint density at radius 1 is 1.64 bits per heavy atom. The zero-order valence-corrected chi connectivity index (χ0v) is 8.36. The molecule has 1 nitrogen and oxygen atoms in total. The van der Waals surface area contributed by atoms with Gasteiger partial charge < -0.3 is 0 Å². The number of Topliss-reactive ketones (excluding diaryl/α,β-unsaturated/α-hetero) is 1. The molecule has 2 fully saturated rings. The minimum absolute atomic E-state index is 0.303. The van der Waals surface area contributed by atoms with Gasteiger partial charge in [-0.2, -0.15) is 0 Å². The van der Waals surface area contributed by atoms with Crippen molar-refractivity contribution < 1.29 is 4.79 Å². The average molecular weight is 217 g/mol. The molecule has 0 aromatic heterocycles. The summed E-state index contributed by atoms with van der Waals surface area (Å²) < 4.78 is 0. The van der Waals surface area contributed by atoms with Crippen molar-refractivity contribution in [1.82, 2.24) is 0 Å². The number of ketones is 1. The fourth-order valence-corrected chi connectivity index (χ4v) is 3.61. The van der Waals surface area contributed by atoms with Gasteiger partial charge in [0.15, 0.2) is 0 Å². The molecule has 0 amide bonds. The summed E-state index contributed by atoms with van der Waals surface area (Å²) in [4.78, 5) is 11.4. The van der Waals surface area contributed by atoms with Crippen molar-refractivity contribution in [1.29, 1.82) is 0 Å². The van der Waals surface area contributed by atoms with Crippen LogP contribution in [0.5, 0.6) is 0 Å². The lowest BCUT2D eigenvalue weighted by Crippen LogP contribution is -2.25. The third-order valence-electron chi connectivity index (χ3n) is 3.66. The summed E-state index contributed by atoms with van der Waals surface area (Å²) in [7, 11) is 0. The Morgan fingerprint density at radius 3 is 2.64 bits per heavy atom. The van der Waals surface area contributed by atoms with E-state index in [0.717, 1.165) is 18.2 Å². The van der Waals surface area contributed by atoms with Crippen LogP contribution in [-0.2, 0) is 4.79 Å². The maximum absolute atomic E-state index is 11.4. The molecule has 11 heavy (non-hydrogen) atoms. The van der Waals surface area contributed by atoms with E-state index in [2.05, 4.69) is 22.9 Å². The highest BCUT2D eigenvalue weighted by atomic mass is 79.9. The van der Waals surface area contributed by atoms with E-state index in [4.69, 9.17) is 0 Å². The number of alkyl halides is 1. The lowest BCUT2D eigenvalue weighted by molar-refractivity contribution is -0.122. The molecule has 0 aromatic carbocycles. The van der Waals surface area contributed by atoms with E-state index in [1.165, 1.54) is 6.42 Å². The summed E-state index contributed by atoms with van der Waals surface area (Å²) >= 11 is 3.53. The Morgan fingerprint density at radius 2 is 2.36 bits per heavy atom. The van der Waals surface area contributed by atoms with Crippen molar-refractivity contribution in [3.05, 3.63) is 0 Å². The average Bonchev–Trinajstić information content (AvgIpc) is 2.42. The van der Waals surface area contributed by atoms with Gasteiger partial charge in [-0.25, -0.2) is 0 Å². The van der Waals surface area contributed by atoms with Crippen LogP contribution in [0.4, 0.5) is 0 Å². The fourth-order valence-electron chi connectivity index (χ4n) is 2.76. The zero-order valence-electron chi connectivity index (χ0n) is 6.77. The predicted molar refractivity (Wildman–Crippen MR) is 47.7 cm³/mol. The predicted octanol–water partition coefficient (Wildman–Crippen LogP) is 2.39. The van der Waals surface area contributed by atoms with Gasteiger partial charge >= 0.3 is 0 Å². The molecule has 0 radical (unpaired) electrons. The van der Waals surface area contributed by atoms with Gasteiger partial charge in [-0.3, -0.25) is 4.79 Å². The van der Waals surface area contributed by atoms with Crippen LogP contribution in [0.15, 0.2) is 0 Å². The van der Waals surface area contributed by atoms with Gasteiger partial charge in [-0.05, 0) is 24.2 Å². The lowest BCUT2D eigenvalue weighted by Gasteiger charge is -2.25. The Labute approximate surface area is 75.7 Å². The van der Waals surface area contributed by atoms with Gasteiger partial charge in [0.05, 0.1) is 0 Å². The van der Waals surface area contributed by atoms with Gasteiger partial charge in [0.25, 0.3) is 0 Å². The highest BCUT2D eigenvalue weighted by Gasteiger charge is 2.54. The number of hydrogen-bond donors (Lipinski definition) is 0. The topological polar surface area (TPSA) is 17.1 Å². The first-order valence-electron chi connectivity index (χ1n) is 4.27. The summed E-state index contributed by atoms with van der Waals surface area (Å²) in [6.45, 7) is 2.26. The van der Waals surface area contributed by atoms with Crippen LogP contribution in [0.3, 0.4) is 0 Å². The maximum atomic E-state index is 11.4. The Kier molecular flexibility index (Phi) is 1.64. The van der Waals surface area contributed by atoms with Gasteiger partial charge in [-0.15, -0.1) is 0 Å². The summed E-state index contributed by atoms with van der Waals surface area (Å²) in [6, 6.07) is 0.